The summed E-state index contributed by atoms with van der Waals surface area (Å²) in [5, 5.41) is 6.03. The maximum absolute atomic E-state index is 13.3. The number of amides is 1. The van der Waals surface area contributed by atoms with E-state index in [-0.39, 0.29) is 30.2 Å². The summed E-state index contributed by atoms with van der Waals surface area (Å²) in [5.74, 6) is -0.537. The smallest absolute Gasteiger partial charge is 0.251 e. The Labute approximate surface area is 106 Å². The third-order valence-electron chi connectivity index (χ3n) is 2.83. The van der Waals surface area contributed by atoms with E-state index in [0.29, 0.717) is 11.1 Å². The first-order chi connectivity index (χ1) is 7.66. The highest BCUT2D eigenvalue weighted by Crippen LogP contribution is 2.09. The van der Waals surface area contributed by atoms with Gasteiger partial charge in [0.25, 0.3) is 5.91 Å². The molecule has 1 saturated heterocycles. The fraction of sp³-hybridized carbons (Fsp3) is 0.417. The topological polar surface area (TPSA) is 41.1 Å². The van der Waals surface area contributed by atoms with E-state index < -0.39 is 0 Å². The second-order valence-electron chi connectivity index (χ2n) is 4.13. The summed E-state index contributed by atoms with van der Waals surface area (Å²) in [6.45, 7) is 3.39. The molecule has 0 radical (unpaired) electrons. The zero-order chi connectivity index (χ0) is 11.5. The van der Waals surface area contributed by atoms with Crippen LogP contribution in [0, 0.1) is 12.7 Å². The fourth-order valence-corrected chi connectivity index (χ4v) is 1.78. The monoisotopic (exact) mass is 258 g/mol. The van der Waals surface area contributed by atoms with Crippen molar-refractivity contribution in [2.45, 2.75) is 19.4 Å². The molecule has 94 valence electrons. The molecule has 0 spiro atoms. The maximum Gasteiger partial charge on any atom is 0.251 e. The molecular formula is C12H16ClFN2O. The van der Waals surface area contributed by atoms with E-state index in [1.807, 2.05) is 0 Å². The third-order valence-corrected chi connectivity index (χ3v) is 2.83. The van der Waals surface area contributed by atoms with Gasteiger partial charge >= 0.3 is 0 Å². The number of carbonyl (C=O) groups is 1. The second-order valence-corrected chi connectivity index (χ2v) is 4.13. The molecule has 0 bridgehead atoms. The van der Waals surface area contributed by atoms with Gasteiger partial charge in [0.15, 0.2) is 0 Å². The maximum atomic E-state index is 13.3. The summed E-state index contributed by atoms with van der Waals surface area (Å²) in [5.41, 5.74) is 0.939. The van der Waals surface area contributed by atoms with Crippen molar-refractivity contribution in [2.75, 3.05) is 13.1 Å². The van der Waals surface area contributed by atoms with E-state index >= 15 is 0 Å². The molecule has 2 rings (SSSR count). The van der Waals surface area contributed by atoms with E-state index in [9.17, 15) is 9.18 Å². The summed E-state index contributed by atoms with van der Waals surface area (Å²) < 4.78 is 13.3. The molecule has 0 aliphatic carbocycles. The lowest BCUT2D eigenvalue weighted by molar-refractivity contribution is 0.0939. The van der Waals surface area contributed by atoms with Crippen LogP contribution in [-0.4, -0.2) is 25.0 Å². The molecule has 0 saturated carbocycles. The molecule has 1 aliphatic heterocycles. The fourth-order valence-electron chi connectivity index (χ4n) is 1.78. The summed E-state index contributed by atoms with van der Waals surface area (Å²) in [6, 6.07) is 4.72. The molecule has 1 aliphatic rings. The zero-order valence-electron chi connectivity index (χ0n) is 9.63. The van der Waals surface area contributed by atoms with Gasteiger partial charge in [-0.15, -0.1) is 12.4 Å². The predicted molar refractivity (Wildman–Crippen MR) is 67.1 cm³/mol. The molecule has 17 heavy (non-hydrogen) atoms. The van der Waals surface area contributed by atoms with E-state index in [1.54, 1.807) is 19.1 Å². The molecule has 3 nitrogen and oxygen atoms in total. The van der Waals surface area contributed by atoms with Crippen molar-refractivity contribution in [3.05, 3.63) is 35.1 Å². The lowest BCUT2D eigenvalue weighted by Gasteiger charge is -2.11. The Bertz CT molecular complexity index is 405. The van der Waals surface area contributed by atoms with Crippen molar-refractivity contribution in [3.8, 4) is 0 Å². The van der Waals surface area contributed by atoms with Crippen LogP contribution in [-0.2, 0) is 0 Å². The van der Waals surface area contributed by atoms with Gasteiger partial charge in [-0.3, -0.25) is 4.79 Å². The molecule has 1 aromatic rings. The highest BCUT2D eigenvalue weighted by Gasteiger charge is 2.17. The van der Waals surface area contributed by atoms with Crippen molar-refractivity contribution in [2.24, 2.45) is 0 Å². The normalized spacial score (nSPS) is 18.6. The van der Waals surface area contributed by atoms with Gasteiger partial charge in [0.1, 0.15) is 5.82 Å². The molecule has 0 aromatic heterocycles. The Balaban J connectivity index is 0.00000144. The average Bonchev–Trinajstić information content (AvgIpc) is 2.74. The summed E-state index contributed by atoms with van der Waals surface area (Å²) >= 11 is 0. The number of hydrogen-bond donors (Lipinski definition) is 2. The minimum atomic E-state index is -0.336. The van der Waals surface area contributed by atoms with Crippen LogP contribution < -0.4 is 10.6 Å². The number of aryl methyl sites for hydroxylation is 1. The first-order valence-corrected chi connectivity index (χ1v) is 5.44. The van der Waals surface area contributed by atoms with Gasteiger partial charge in [0.2, 0.25) is 0 Å². The Morgan fingerprint density at radius 2 is 2.29 bits per heavy atom. The largest absolute Gasteiger partial charge is 0.348 e. The van der Waals surface area contributed by atoms with Crippen molar-refractivity contribution in [1.82, 2.24) is 10.6 Å². The first kappa shape index (κ1) is 13.9. The van der Waals surface area contributed by atoms with Crippen LogP contribution in [0.4, 0.5) is 4.39 Å². The molecule has 1 aromatic carbocycles. The van der Waals surface area contributed by atoms with Gasteiger partial charge in [-0.1, -0.05) is 6.07 Å². The van der Waals surface area contributed by atoms with Gasteiger partial charge in [0, 0.05) is 18.2 Å². The van der Waals surface area contributed by atoms with Crippen LogP contribution in [0.1, 0.15) is 22.3 Å². The minimum absolute atomic E-state index is 0. The number of benzene rings is 1. The van der Waals surface area contributed by atoms with Gasteiger partial charge < -0.3 is 10.6 Å². The quantitative estimate of drug-likeness (QED) is 0.847. The molecule has 1 fully saturated rings. The molecule has 1 unspecified atom stereocenters. The summed E-state index contributed by atoms with van der Waals surface area (Å²) in [7, 11) is 0. The number of carbonyl (C=O) groups excluding carboxylic acids is 1. The molecule has 1 atom stereocenters. The third kappa shape index (κ3) is 3.41. The molecular weight excluding hydrogens is 243 g/mol. The highest BCUT2D eigenvalue weighted by molar-refractivity contribution is 5.94. The molecule has 1 amide bonds. The van der Waals surface area contributed by atoms with Crippen LogP contribution in [0.2, 0.25) is 0 Å². The van der Waals surface area contributed by atoms with Crippen LogP contribution >= 0.6 is 12.4 Å². The number of halogens is 2. The van der Waals surface area contributed by atoms with E-state index in [2.05, 4.69) is 10.6 Å². The minimum Gasteiger partial charge on any atom is -0.348 e. The zero-order valence-corrected chi connectivity index (χ0v) is 10.4. The Morgan fingerprint density at radius 3 is 2.88 bits per heavy atom. The van der Waals surface area contributed by atoms with Crippen LogP contribution in [0.15, 0.2) is 18.2 Å². The van der Waals surface area contributed by atoms with Crippen molar-refractivity contribution in [3.63, 3.8) is 0 Å². The molecule has 1 heterocycles. The number of rotatable bonds is 2. The first-order valence-electron chi connectivity index (χ1n) is 5.44. The van der Waals surface area contributed by atoms with Crippen LogP contribution in [0.5, 0.6) is 0 Å². The molecule has 2 N–H and O–H groups in total. The van der Waals surface area contributed by atoms with Gasteiger partial charge in [-0.25, -0.2) is 4.39 Å². The number of nitrogens with one attached hydrogen (secondary N) is 2. The van der Waals surface area contributed by atoms with Crippen LogP contribution in [0.25, 0.3) is 0 Å². The Kier molecular flexibility index (Phi) is 4.90. The van der Waals surface area contributed by atoms with E-state index in [0.717, 1.165) is 19.5 Å². The van der Waals surface area contributed by atoms with Crippen LogP contribution in [0.3, 0.4) is 0 Å². The SMILES string of the molecule is Cc1ccc(C(=O)NC2CCNC2)cc1F.Cl. The van der Waals surface area contributed by atoms with Crippen molar-refractivity contribution < 1.29 is 9.18 Å². The van der Waals surface area contributed by atoms with E-state index in [1.165, 1.54) is 6.07 Å². The lowest BCUT2D eigenvalue weighted by atomic mass is 10.1. The predicted octanol–water partition coefficient (Wildman–Crippen LogP) is 1.65. The van der Waals surface area contributed by atoms with Crippen molar-refractivity contribution in [1.29, 1.82) is 0 Å². The summed E-state index contributed by atoms with van der Waals surface area (Å²) in [4.78, 5) is 11.8. The standard InChI is InChI=1S/C12H15FN2O.ClH/c1-8-2-3-9(6-11(8)13)12(16)15-10-4-5-14-7-10;/h2-3,6,10,14H,4-5,7H2,1H3,(H,15,16);1H. The average molecular weight is 259 g/mol. The van der Waals surface area contributed by atoms with Gasteiger partial charge in [-0.05, 0) is 37.6 Å². The summed E-state index contributed by atoms with van der Waals surface area (Å²) in [6.07, 6.45) is 0.931. The Hall–Kier alpha value is -1.13. The van der Waals surface area contributed by atoms with E-state index in [4.69, 9.17) is 0 Å². The van der Waals surface area contributed by atoms with Crippen molar-refractivity contribution >= 4 is 18.3 Å². The number of hydrogen-bond acceptors (Lipinski definition) is 2. The van der Waals surface area contributed by atoms with Gasteiger partial charge in [-0.2, -0.15) is 0 Å². The highest BCUT2D eigenvalue weighted by atomic mass is 35.5. The molecule has 5 heteroatoms. The lowest BCUT2D eigenvalue weighted by Crippen LogP contribution is -2.36. The second kappa shape index (κ2) is 5.98. The van der Waals surface area contributed by atoms with Gasteiger partial charge in [0.05, 0.1) is 0 Å². The Morgan fingerprint density at radius 1 is 1.53 bits per heavy atom.